The molecule has 2 aromatic carbocycles. The Hall–Kier alpha value is -2.90. The number of hydrogen-bond acceptors (Lipinski definition) is 4. The molecule has 4 N–H and O–H groups in total. The van der Waals surface area contributed by atoms with Crippen molar-refractivity contribution in [2.45, 2.75) is 6.42 Å². The molecule has 27 heavy (non-hydrogen) atoms. The van der Waals surface area contributed by atoms with Gasteiger partial charge in [0.1, 0.15) is 4.88 Å². The van der Waals surface area contributed by atoms with Crippen LogP contribution in [0.15, 0.2) is 48.5 Å². The van der Waals surface area contributed by atoms with Crippen LogP contribution in [0.2, 0.25) is 5.02 Å². The lowest BCUT2D eigenvalue weighted by molar-refractivity contribution is -0.117. The molecule has 0 radical (unpaired) electrons. The monoisotopic (exact) mass is 401 g/mol. The van der Waals surface area contributed by atoms with Crippen molar-refractivity contribution in [3.63, 3.8) is 0 Å². The maximum atomic E-state index is 12.7. The van der Waals surface area contributed by atoms with Gasteiger partial charge in [0, 0.05) is 23.1 Å². The zero-order chi connectivity index (χ0) is 19.4. The third-order valence-corrected chi connectivity index (χ3v) is 5.49. The Morgan fingerprint density at radius 3 is 2.44 bits per heavy atom. The minimum atomic E-state index is -0.503. The van der Waals surface area contributed by atoms with E-state index in [-0.39, 0.29) is 18.5 Å². The number of amides is 3. The van der Waals surface area contributed by atoms with Gasteiger partial charge in [-0.25, -0.2) is 0 Å². The molecule has 0 aliphatic rings. The highest BCUT2D eigenvalue weighted by molar-refractivity contribution is 7.21. The predicted molar refractivity (Wildman–Crippen MR) is 107 cm³/mol. The quantitative estimate of drug-likeness (QED) is 0.589. The van der Waals surface area contributed by atoms with Crippen molar-refractivity contribution >= 4 is 56.4 Å². The molecule has 0 atom stereocenters. The van der Waals surface area contributed by atoms with Gasteiger partial charge in [-0.1, -0.05) is 41.9 Å². The highest BCUT2D eigenvalue weighted by atomic mass is 35.5. The molecule has 3 amide bonds. The van der Waals surface area contributed by atoms with Crippen molar-refractivity contribution in [1.29, 1.82) is 0 Å². The van der Waals surface area contributed by atoms with Crippen molar-refractivity contribution in [3.8, 4) is 0 Å². The molecule has 0 saturated carbocycles. The summed E-state index contributed by atoms with van der Waals surface area (Å²) in [6, 6.07) is 14.1. The van der Waals surface area contributed by atoms with Crippen LogP contribution in [0.5, 0.6) is 0 Å². The van der Waals surface area contributed by atoms with Crippen LogP contribution in [0.3, 0.4) is 0 Å². The Balaban J connectivity index is 1.81. The molecule has 3 aromatic rings. The molecule has 0 saturated heterocycles. The third-order valence-electron chi connectivity index (χ3n) is 3.82. The van der Waals surface area contributed by atoms with Crippen LogP contribution in [0.4, 0.5) is 5.69 Å². The van der Waals surface area contributed by atoms with Gasteiger partial charge in [0.15, 0.2) is 0 Å². The van der Waals surface area contributed by atoms with Crippen molar-refractivity contribution < 1.29 is 14.4 Å². The maximum absolute atomic E-state index is 12.7. The number of anilines is 1. The average molecular weight is 402 g/mol. The van der Waals surface area contributed by atoms with Crippen LogP contribution < -0.4 is 16.4 Å². The van der Waals surface area contributed by atoms with E-state index in [0.29, 0.717) is 15.6 Å². The number of primary amides is 1. The van der Waals surface area contributed by atoms with Gasteiger partial charge < -0.3 is 16.4 Å². The van der Waals surface area contributed by atoms with Gasteiger partial charge in [-0.15, -0.1) is 11.3 Å². The van der Waals surface area contributed by atoms with Crippen molar-refractivity contribution in [2.75, 3.05) is 11.9 Å². The molecule has 0 unspecified atom stereocenters. The number of carbonyl (C=O) groups is 3. The minimum absolute atomic E-state index is 0.0393. The number of carbonyl (C=O) groups excluding carboxylic acids is 3. The second kappa shape index (κ2) is 8.20. The number of fused-ring (bicyclic) bond motifs is 1. The fourth-order valence-corrected chi connectivity index (χ4v) is 3.94. The third kappa shape index (κ3) is 4.27. The lowest BCUT2D eigenvalue weighted by atomic mass is 10.1. The molecule has 3 rings (SSSR count). The number of halogens is 1. The summed E-state index contributed by atoms with van der Waals surface area (Å²) in [4.78, 5) is 36.2. The van der Waals surface area contributed by atoms with Crippen LogP contribution >= 0.6 is 22.9 Å². The molecule has 0 aliphatic heterocycles. The second-order valence-corrected chi connectivity index (χ2v) is 7.14. The number of rotatable bonds is 6. The summed E-state index contributed by atoms with van der Waals surface area (Å²) in [7, 11) is 0. The summed E-state index contributed by atoms with van der Waals surface area (Å²) >= 11 is 7.63. The average Bonchev–Trinajstić information content (AvgIpc) is 2.99. The topological polar surface area (TPSA) is 101 Å². The van der Waals surface area contributed by atoms with E-state index in [2.05, 4.69) is 10.6 Å². The van der Waals surface area contributed by atoms with E-state index in [1.54, 1.807) is 24.3 Å². The summed E-state index contributed by atoms with van der Waals surface area (Å²) in [5, 5.41) is 6.54. The Labute approximate surface area is 164 Å². The molecular weight excluding hydrogens is 386 g/mol. The summed E-state index contributed by atoms with van der Waals surface area (Å²) in [5.74, 6) is -1.30. The number of thiophene rings is 1. The molecule has 6 nitrogen and oxygen atoms in total. The van der Waals surface area contributed by atoms with E-state index in [1.807, 2.05) is 24.3 Å². The minimum Gasteiger partial charge on any atom is -0.370 e. The van der Waals surface area contributed by atoms with Gasteiger partial charge in [-0.2, -0.15) is 0 Å². The first-order valence-corrected chi connectivity index (χ1v) is 9.30. The van der Waals surface area contributed by atoms with Crippen LogP contribution in [0, 0.1) is 0 Å². The Kier molecular flexibility index (Phi) is 5.73. The summed E-state index contributed by atoms with van der Waals surface area (Å²) < 4.78 is 0.908. The first-order valence-electron chi connectivity index (χ1n) is 8.11. The largest absolute Gasteiger partial charge is 0.370 e. The zero-order valence-electron chi connectivity index (χ0n) is 14.1. The van der Waals surface area contributed by atoms with E-state index in [4.69, 9.17) is 17.3 Å². The van der Waals surface area contributed by atoms with Crippen molar-refractivity contribution in [3.05, 3.63) is 64.0 Å². The molecule has 1 aromatic heterocycles. The van der Waals surface area contributed by atoms with E-state index in [0.717, 1.165) is 10.1 Å². The lowest BCUT2D eigenvalue weighted by Gasteiger charge is -2.11. The van der Waals surface area contributed by atoms with Gasteiger partial charge in [-0.05, 0) is 18.2 Å². The van der Waals surface area contributed by atoms with Gasteiger partial charge in [0.05, 0.1) is 16.3 Å². The van der Waals surface area contributed by atoms with Crippen LogP contribution in [-0.2, 0) is 4.79 Å². The first-order chi connectivity index (χ1) is 13.0. The smallest absolute Gasteiger partial charge is 0.267 e. The summed E-state index contributed by atoms with van der Waals surface area (Å²) in [6.07, 6.45) is 0.0393. The highest BCUT2D eigenvalue weighted by Crippen LogP contribution is 2.35. The van der Waals surface area contributed by atoms with Crippen molar-refractivity contribution in [2.24, 2.45) is 5.73 Å². The predicted octanol–water partition coefficient (Wildman–Crippen LogP) is 3.41. The molecule has 0 bridgehead atoms. The number of nitrogens with one attached hydrogen (secondary N) is 2. The summed E-state index contributed by atoms with van der Waals surface area (Å²) in [6.45, 7) is 0.124. The maximum Gasteiger partial charge on any atom is 0.267 e. The molecule has 8 heteroatoms. The fraction of sp³-hybridized carbons (Fsp3) is 0.105. The lowest BCUT2D eigenvalue weighted by Crippen LogP contribution is -2.28. The van der Waals surface area contributed by atoms with E-state index >= 15 is 0 Å². The number of nitrogens with two attached hydrogens (primary N) is 1. The van der Waals surface area contributed by atoms with Crippen LogP contribution in [-0.4, -0.2) is 24.3 Å². The fourth-order valence-electron chi connectivity index (χ4n) is 2.52. The number of para-hydroxylation sites is 1. The van der Waals surface area contributed by atoms with E-state index < -0.39 is 17.7 Å². The highest BCUT2D eigenvalue weighted by Gasteiger charge is 2.19. The Morgan fingerprint density at radius 2 is 1.70 bits per heavy atom. The molecular formula is C19H16ClN3O3S. The SMILES string of the molecule is NC(=O)CCNC(=O)c1ccccc1NC(=O)c1sc2ccccc2c1Cl. The van der Waals surface area contributed by atoms with Gasteiger partial charge in [0.2, 0.25) is 5.91 Å². The van der Waals surface area contributed by atoms with Crippen LogP contribution in [0.1, 0.15) is 26.5 Å². The Bertz CT molecular complexity index is 1030. The van der Waals surface area contributed by atoms with Crippen LogP contribution in [0.25, 0.3) is 10.1 Å². The summed E-state index contributed by atoms with van der Waals surface area (Å²) in [5.41, 5.74) is 5.70. The zero-order valence-corrected chi connectivity index (χ0v) is 15.7. The number of hydrogen-bond donors (Lipinski definition) is 3. The van der Waals surface area contributed by atoms with Gasteiger partial charge in [-0.3, -0.25) is 14.4 Å². The normalized spacial score (nSPS) is 10.6. The molecule has 0 aliphatic carbocycles. The van der Waals surface area contributed by atoms with E-state index in [1.165, 1.54) is 11.3 Å². The standard InChI is InChI=1S/C19H16ClN3O3S/c20-16-12-6-2-4-8-14(12)27-17(16)19(26)23-13-7-3-1-5-11(13)18(25)22-10-9-15(21)24/h1-8H,9-10H2,(H2,21,24)(H,22,25)(H,23,26). The number of benzene rings is 2. The Morgan fingerprint density at radius 1 is 1.00 bits per heavy atom. The van der Waals surface area contributed by atoms with Gasteiger partial charge >= 0.3 is 0 Å². The molecule has 1 heterocycles. The van der Waals surface area contributed by atoms with Crippen molar-refractivity contribution in [1.82, 2.24) is 5.32 Å². The molecule has 0 spiro atoms. The molecule has 0 fully saturated rings. The molecule has 138 valence electrons. The van der Waals surface area contributed by atoms with Gasteiger partial charge in [0.25, 0.3) is 11.8 Å². The first kappa shape index (κ1) is 18.9. The second-order valence-electron chi connectivity index (χ2n) is 5.71. The van der Waals surface area contributed by atoms with E-state index in [9.17, 15) is 14.4 Å².